The molecule has 0 unspecified atom stereocenters. The fourth-order valence-electron chi connectivity index (χ4n) is 2.51. The molecule has 8 heteroatoms. The lowest BCUT2D eigenvalue weighted by molar-refractivity contribution is 0.450. The SMILES string of the molecule is CN=C(NCc1ccccc1F)NCc1cccnc1Oc1cccc(F)c1.I. The summed E-state index contributed by atoms with van der Waals surface area (Å²) in [4.78, 5) is 8.35. The first kappa shape index (κ1) is 22.5. The smallest absolute Gasteiger partial charge is 0.224 e. The Bertz CT molecular complexity index is 969. The second kappa shape index (κ2) is 11.3. The van der Waals surface area contributed by atoms with E-state index in [-0.39, 0.29) is 35.6 Å². The van der Waals surface area contributed by atoms with E-state index in [9.17, 15) is 8.78 Å². The number of halogens is 3. The maximum absolute atomic E-state index is 13.7. The quantitative estimate of drug-likeness (QED) is 0.289. The van der Waals surface area contributed by atoms with Crippen LogP contribution >= 0.6 is 24.0 Å². The number of benzene rings is 2. The molecule has 0 radical (unpaired) electrons. The fraction of sp³-hybridized carbons (Fsp3) is 0.143. The van der Waals surface area contributed by atoms with Gasteiger partial charge in [0.15, 0.2) is 5.96 Å². The highest BCUT2D eigenvalue weighted by Crippen LogP contribution is 2.23. The van der Waals surface area contributed by atoms with Crippen molar-refractivity contribution < 1.29 is 13.5 Å². The molecular weight excluding hydrogens is 489 g/mol. The van der Waals surface area contributed by atoms with Crippen molar-refractivity contribution in [1.29, 1.82) is 0 Å². The molecule has 0 spiro atoms. The van der Waals surface area contributed by atoms with Gasteiger partial charge in [-0.3, -0.25) is 4.99 Å². The van der Waals surface area contributed by atoms with Crippen molar-refractivity contribution in [1.82, 2.24) is 15.6 Å². The third-order valence-electron chi connectivity index (χ3n) is 3.93. The summed E-state index contributed by atoms with van der Waals surface area (Å²) in [6, 6.07) is 16.0. The number of hydrogen-bond acceptors (Lipinski definition) is 3. The first-order chi connectivity index (χ1) is 13.7. The minimum Gasteiger partial charge on any atom is -0.439 e. The third kappa shape index (κ3) is 6.67. The Labute approximate surface area is 185 Å². The molecular formula is C21H21F2IN4O. The van der Waals surface area contributed by atoms with Crippen LogP contribution < -0.4 is 15.4 Å². The van der Waals surface area contributed by atoms with Gasteiger partial charge in [-0.05, 0) is 24.3 Å². The van der Waals surface area contributed by atoms with E-state index in [0.29, 0.717) is 36.2 Å². The van der Waals surface area contributed by atoms with Crippen LogP contribution in [0.2, 0.25) is 0 Å². The monoisotopic (exact) mass is 510 g/mol. The van der Waals surface area contributed by atoms with Crippen molar-refractivity contribution in [2.75, 3.05) is 7.05 Å². The summed E-state index contributed by atoms with van der Waals surface area (Å²) in [5.41, 5.74) is 1.31. The van der Waals surface area contributed by atoms with Crippen LogP contribution in [-0.4, -0.2) is 18.0 Å². The lowest BCUT2D eigenvalue weighted by Gasteiger charge is -2.14. The third-order valence-corrected chi connectivity index (χ3v) is 3.93. The molecule has 5 nitrogen and oxygen atoms in total. The zero-order valence-electron chi connectivity index (χ0n) is 15.7. The Balaban J connectivity index is 0.00000300. The van der Waals surface area contributed by atoms with Gasteiger partial charge in [-0.15, -0.1) is 24.0 Å². The van der Waals surface area contributed by atoms with Gasteiger partial charge >= 0.3 is 0 Å². The molecule has 0 fully saturated rings. The highest BCUT2D eigenvalue weighted by atomic mass is 127. The molecule has 0 bridgehead atoms. The summed E-state index contributed by atoms with van der Waals surface area (Å²) >= 11 is 0. The predicted molar refractivity (Wildman–Crippen MR) is 120 cm³/mol. The summed E-state index contributed by atoms with van der Waals surface area (Å²) in [6.07, 6.45) is 1.60. The van der Waals surface area contributed by atoms with E-state index < -0.39 is 0 Å². The minimum atomic E-state index is -0.383. The summed E-state index contributed by atoms with van der Waals surface area (Å²) in [6.45, 7) is 0.668. The molecule has 0 aliphatic heterocycles. The normalized spacial score (nSPS) is 10.8. The lowest BCUT2D eigenvalue weighted by atomic mass is 10.2. The van der Waals surface area contributed by atoms with Gasteiger partial charge in [-0.25, -0.2) is 13.8 Å². The molecule has 0 atom stereocenters. The molecule has 3 aromatic rings. The van der Waals surface area contributed by atoms with E-state index in [0.717, 1.165) is 5.56 Å². The topological polar surface area (TPSA) is 58.5 Å². The van der Waals surface area contributed by atoms with Gasteiger partial charge < -0.3 is 15.4 Å². The molecule has 29 heavy (non-hydrogen) atoms. The van der Waals surface area contributed by atoms with Gasteiger partial charge in [0.2, 0.25) is 5.88 Å². The maximum atomic E-state index is 13.7. The highest BCUT2D eigenvalue weighted by Gasteiger charge is 2.08. The van der Waals surface area contributed by atoms with Crippen molar-refractivity contribution in [3.05, 3.63) is 89.6 Å². The molecule has 0 aliphatic rings. The molecule has 1 heterocycles. The molecule has 152 valence electrons. The molecule has 1 aromatic heterocycles. The lowest BCUT2D eigenvalue weighted by Crippen LogP contribution is -2.36. The molecule has 0 amide bonds. The van der Waals surface area contributed by atoms with Gasteiger partial charge in [0.1, 0.15) is 17.4 Å². The Morgan fingerprint density at radius 2 is 1.69 bits per heavy atom. The van der Waals surface area contributed by atoms with Gasteiger partial charge in [0.05, 0.1) is 0 Å². The number of ether oxygens (including phenoxy) is 1. The number of nitrogens with one attached hydrogen (secondary N) is 2. The van der Waals surface area contributed by atoms with Gasteiger partial charge in [-0.2, -0.15) is 0 Å². The van der Waals surface area contributed by atoms with Crippen LogP contribution in [0.4, 0.5) is 8.78 Å². The number of rotatable bonds is 6. The van der Waals surface area contributed by atoms with Crippen LogP contribution in [0, 0.1) is 11.6 Å². The van der Waals surface area contributed by atoms with Crippen molar-refractivity contribution in [3.63, 3.8) is 0 Å². The van der Waals surface area contributed by atoms with E-state index in [2.05, 4.69) is 20.6 Å². The fourth-order valence-corrected chi connectivity index (χ4v) is 2.51. The van der Waals surface area contributed by atoms with E-state index in [1.165, 1.54) is 18.2 Å². The molecule has 0 aliphatic carbocycles. The summed E-state index contributed by atoms with van der Waals surface area (Å²) < 4.78 is 32.8. The summed E-state index contributed by atoms with van der Waals surface area (Å²) in [7, 11) is 1.63. The predicted octanol–water partition coefficient (Wildman–Crippen LogP) is 4.64. The van der Waals surface area contributed by atoms with Crippen LogP contribution in [0.1, 0.15) is 11.1 Å². The standard InChI is InChI=1S/C21H20F2N4O.HI/c1-24-21(26-13-15-6-2-3-10-19(15)23)27-14-16-7-5-11-25-20(16)28-18-9-4-8-17(22)12-18;/h2-12H,13-14H2,1H3,(H2,24,26,27);1H. The number of pyridine rings is 1. The molecule has 0 saturated carbocycles. The van der Waals surface area contributed by atoms with Gasteiger partial charge in [-0.1, -0.05) is 30.3 Å². The summed E-state index contributed by atoms with van der Waals surface area (Å²) in [5, 5.41) is 6.20. The number of hydrogen-bond donors (Lipinski definition) is 2. The first-order valence-electron chi connectivity index (χ1n) is 8.71. The Hall–Kier alpha value is -2.75. The van der Waals surface area contributed by atoms with Crippen LogP contribution in [0.5, 0.6) is 11.6 Å². The highest BCUT2D eigenvalue weighted by molar-refractivity contribution is 14.0. The Morgan fingerprint density at radius 1 is 0.966 bits per heavy atom. The molecule has 2 N–H and O–H groups in total. The molecule has 0 saturated heterocycles. The van der Waals surface area contributed by atoms with Crippen LogP contribution in [-0.2, 0) is 13.1 Å². The van der Waals surface area contributed by atoms with Gasteiger partial charge in [0, 0.05) is 43.5 Å². The minimum absolute atomic E-state index is 0. The van der Waals surface area contributed by atoms with Gasteiger partial charge in [0.25, 0.3) is 0 Å². The molecule has 2 aromatic carbocycles. The second-order valence-electron chi connectivity index (χ2n) is 5.90. The van der Waals surface area contributed by atoms with E-state index in [4.69, 9.17) is 4.74 Å². The number of aromatic nitrogens is 1. The zero-order valence-corrected chi connectivity index (χ0v) is 18.1. The van der Waals surface area contributed by atoms with E-state index in [1.54, 1.807) is 49.6 Å². The van der Waals surface area contributed by atoms with E-state index in [1.807, 2.05) is 6.07 Å². The average Bonchev–Trinajstić information content (AvgIpc) is 2.70. The number of aliphatic imine (C=N–C) groups is 1. The maximum Gasteiger partial charge on any atom is 0.224 e. The zero-order chi connectivity index (χ0) is 19.8. The van der Waals surface area contributed by atoms with E-state index >= 15 is 0 Å². The van der Waals surface area contributed by atoms with Crippen molar-refractivity contribution in [2.45, 2.75) is 13.1 Å². The average molecular weight is 510 g/mol. The van der Waals surface area contributed by atoms with Crippen LogP contribution in [0.25, 0.3) is 0 Å². The summed E-state index contributed by atoms with van der Waals surface area (Å²) in [5.74, 6) is 0.574. The Kier molecular flexibility index (Phi) is 8.78. The van der Waals surface area contributed by atoms with Crippen molar-refractivity contribution >= 4 is 29.9 Å². The van der Waals surface area contributed by atoms with Crippen LogP contribution in [0.3, 0.4) is 0 Å². The van der Waals surface area contributed by atoms with Crippen molar-refractivity contribution in [2.24, 2.45) is 4.99 Å². The first-order valence-corrected chi connectivity index (χ1v) is 8.71. The number of guanidine groups is 1. The Morgan fingerprint density at radius 3 is 2.41 bits per heavy atom. The largest absolute Gasteiger partial charge is 0.439 e. The second-order valence-corrected chi connectivity index (χ2v) is 5.90. The van der Waals surface area contributed by atoms with Crippen LogP contribution in [0.15, 0.2) is 71.9 Å². The van der Waals surface area contributed by atoms with Crippen molar-refractivity contribution in [3.8, 4) is 11.6 Å². The molecule has 3 rings (SSSR count). The number of nitrogens with zero attached hydrogens (tertiary/aromatic N) is 2.